The first-order valence-electron chi connectivity index (χ1n) is 7.73. The average Bonchev–Trinajstić information content (AvgIpc) is 2.63. The maximum absolute atomic E-state index is 12.2. The van der Waals surface area contributed by atoms with Gasteiger partial charge in [-0.1, -0.05) is 0 Å². The molecule has 1 aromatic heterocycles. The number of hydrogen-bond donors (Lipinski definition) is 5. The number of benzene rings is 1. The summed E-state index contributed by atoms with van der Waals surface area (Å²) in [5, 5.41) is 39.2. The molecule has 14 heteroatoms. The average molecular weight is 423 g/mol. The summed E-state index contributed by atoms with van der Waals surface area (Å²) >= 11 is 0. The predicted molar refractivity (Wildman–Crippen MR) is 97.2 cm³/mol. The molecule has 1 heterocycles. The minimum absolute atomic E-state index is 0.410. The minimum atomic E-state index is -1.87. The highest BCUT2D eigenvalue weighted by Gasteiger charge is 2.31. The molecule has 0 saturated heterocycles. The first-order chi connectivity index (χ1) is 14.0. The first-order valence-corrected chi connectivity index (χ1v) is 7.73. The number of pyridine rings is 1. The second-order valence-electron chi connectivity index (χ2n) is 5.57. The molecule has 6 N–H and O–H groups in total. The van der Waals surface area contributed by atoms with Gasteiger partial charge in [0.1, 0.15) is 16.9 Å². The summed E-state index contributed by atoms with van der Waals surface area (Å²) in [6, 6.07) is 1.56. The molecule has 0 amide bonds. The normalized spacial score (nSPS) is 10.3. The van der Waals surface area contributed by atoms with Crippen molar-refractivity contribution in [2.45, 2.75) is 0 Å². The summed E-state index contributed by atoms with van der Waals surface area (Å²) in [5.74, 6) is -6.79. The van der Waals surface area contributed by atoms with Crippen molar-refractivity contribution in [3.05, 3.63) is 43.7 Å². The molecule has 0 spiro atoms. The summed E-state index contributed by atoms with van der Waals surface area (Å²) < 4.78 is 10.0. The van der Waals surface area contributed by atoms with E-state index in [2.05, 4.69) is 0 Å². The highest BCUT2D eigenvalue weighted by Crippen LogP contribution is 2.44. The van der Waals surface area contributed by atoms with E-state index in [1.54, 1.807) is 0 Å². The van der Waals surface area contributed by atoms with E-state index in [0.717, 1.165) is 13.2 Å². The Morgan fingerprint density at radius 3 is 2.23 bits per heavy atom. The predicted octanol–water partition coefficient (Wildman–Crippen LogP) is 0.401. The van der Waals surface area contributed by atoms with Crippen molar-refractivity contribution in [3.63, 3.8) is 0 Å². The van der Waals surface area contributed by atoms with Gasteiger partial charge >= 0.3 is 17.9 Å². The molecule has 0 unspecified atom stereocenters. The number of carbonyl (C=O) groups is 3. The zero-order valence-electron chi connectivity index (χ0n) is 15.0. The largest absolute Gasteiger partial charge is 0.493 e. The molecule has 14 nitrogen and oxygen atoms in total. The summed E-state index contributed by atoms with van der Waals surface area (Å²) in [4.78, 5) is 58.8. The molecular formula is C16H13N3O11. The number of aromatic carboxylic acids is 2. The molecule has 0 fully saturated rings. The zero-order valence-corrected chi connectivity index (χ0v) is 15.0. The van der Waals surface area contributed by atoms with Crippen LogP contribution in [-0.4, -0.2) is 56.9 Å². The molecule has 0 aliphatic rings. The van der Waals surface area contributed by atoms with Crippen LogP contribution >= 0.6 is 0 Å². The molecule has 30 heavy (non-hydrogen) atoms. The van der Waals surface area contributed by atoms with Gasteiger partial charge in [0, 0.05) is 17.2 Å². The van der Waals surface area contributed by atoms with Gasteiger partial charge in [0.2, 0.25) is 0 Å². The van der Waals surface area contributed by atoms with Gasteiger partial charge in [-0.2, -0.15) is 0 Å². The van der Waals surface area contributed by atoms with Crippen LogP contribution in [-0.2, 0) is 4.79 Å². The molecule has 0 saturated carbocycles. The lowest BCUT2D eigenvalue weighted by Gasteiger charge is -2.17. The fraction of sp³-hybridized carbons (Fsp3) is 0.125. The van der Waals surface area contributed by atoms with E-state index in [1.165, 1.54) is 0 Å². The van der Waals surface area contributed by atoms with Crippen molar-refractivity contribution in [1.82, 2.24) is 4.98 Å². The van der Waals surface area contributed by atoms with Crippen molar-refractivity contribution in [3.8, 4) is 22.6 Å². The highest BCUT2D eigenvalue weighted by molar-refractivity contribution is 6.08. The van der Waals surface area contributed by atoms with Crippen LogP contribution in [0, 0.1) is 10.1 Å². The number of aromatic amines is 1. The fourth-order valence-corrected chi connectivity index (χ4v) is 2.63. The first kappa shape index (κ1) is 21.7. The molecule has 158 valence electrons. The minimum Gasteiger partial charge on any atom is -0.493 e. The summed E-state index contributed by atoms with van der Waals surface area (Å²) in [7, 11) is 1.05. The van der Waals surface area contributed by atoms with E-state index >= 15 is 0 Å². The second kappa shape index (κ2) is 8.17. The molecule has 0 radical (unpaired) electrons. The molecule has 0 aliphatic heterocycles. The smallest absolute Gasteiger partial charge is 0.342 e. The number of nitrogen functional groups attached to an aromatic ring is 1. The van der Waals surface area contributed by atoms with Crippen LogP contribution in [0.15, 0.2) is 16.9 Å². The second-order valence-corrected chi connectivity index (χ2v) is 5.57. The summed E-state index contributed by atoms with van der Waals surface area (Å²) in [6.07, 6.45) is 0. The summed E-state index contributed by atoms with van der Waals surface area (Å²) in [5.41, 5.74) is 0.150. The number of carboxylic acid groups (broad SMARTS) is 3. The van der Waals surface area contributed by atoms with Gasteiger partial charge in [0.25, 0.3) is 11.2 Å². The number of non-ortho nitro benzene ring substituents is 1. The lowest BCUT2D eigenvalue weighted by Crippen LogP contribution is -2.24. The fourth-order valence-electron chi connectivity index (χ4n) is 2.63. The van der Waals surface area contributed by atoms with Gasteiger partial charge < -0.3 is 35.5 Å². The van der Waals surface area contributed by atoms with E-state index in [0.29, 0.717) is 6.07 Å². The van der Waals surface area contributed by atoms with Gasteiger partial charge in [-0.25, -0.2) is 14.4 Å². The summed E-state index contributed by atoms with van der Waals surface area (Å²) in [6.45, 7) is -0.995. The lowest BCUT2D eigenvalue weighted by molar-refractivity contribution is -0.384. The Morgan fingerprint density at radius 2 is 1.77 bits per heavy atom. The number of nitro groups is 1. The van der Waals surface area contributed by atoms with E-state index in [-0.39, 0.29) is 0 Å². The Labute approximate surface area is 165 Å². The van der Waals surface area contributed by atoms with Crippen LogP contribution in [0.2, 0.25) is 0 Å². The van der Waals surface area contributed by atoms with Crippen LogP contribution in [0.4, 0.5) is 11.5 Å². The maximum atomic E-state index is 12.2. The molecule has 0 aliphatic carbocycles. The Morgan fingerprint density at radius 1 is 1.17 bits per heavy atom. The van der Waals surface area contributed by atoms with Crippen LogP contribution < -0.4 is 20.8 Å². The number of aliphatic carboxylic acids is 1. The number of aromatic nitrogens is 1. The quantitative estimate of drug-likeness (QED) is 0.287. The maximum Gasteiger partial charge on any atom is 0.342 e. The van der Waals surface area contributed by atoms with E-state index in [1.807, 2.05) is 4.98 Å². The Kier molecular flexibility index (Phi) is 5.91. The third-order valence-electron chi connectivity index (χ3n) is 3.75. The molecular weight excluding hydrogens is 410 g/mol. The van der Waals surface area contributed by atoms with Gasteiger partial charge in [-0.3, -0.25) is 14.9 Å². The third-order valence-corrected chi connectivity index (χ3v) is 3.75. The Hall–Kier alpha value is -4.62. The number of nitrogens with zero attached hydrogens (tertiary/aromatic N) is 1. The monoisotopic (exact) mass is 423 g/mol. The molecule has 2 aromatic rings. The van der Waals surface area contributed by atoms with Crippen LogP contribution in [0.3, 0.4) is 0 Å². The Bertz CT molecular complexity index is 1140. The SMILES string of the molecule is COc1cc([N+](=O)[O-])cc(-c2c(C(=O)O)c(N)[nH]c(=O)c2C(=O)O)c1OCC(=O)O. The van der Waals surface area contributed by atoms with Gasteiger partial charge in [-0.15, -0.1) is 0 Å². The number of H-pyrrole nitrogens is 1. The van der Waals surface area contributed by atoms with Gasteiger partial charge in [0.05, 0.1) is 18.1 Å². The zero-order chi connectivity index (χ0) is 22.7. The van der Waals surface area contributed by atoms with Gasteiger partial charge in [-0.05, 0) is 0 Å². The number of anilines is 1. The van der Waals surface area contributed by atoms with Crippen molar-refractivity contribution in [1.29, 1.82) is 0 Å². The van der Waals surface area contributed by atoms with E-state index < -0.39 is 80.3 Å². The molecule has 0 atom stereocenters. The highest BCUT2D eigenvalue weighted by atomic mass is 16.6. The number of hydrogen-bond acceptors (Lipinski definition) is 9. The number of nitro benzene ring substituents is 1. The molecule has 1 aromatic carbocycles. The number of ether oxygens (including phenoxy) is 2. The van der Waals surface area contributed by atoms with E-state index in [4.69, 9.17) is 20.3 Å². The van der Waals surface area contributed by atoms with Crippen LogP contribution in [0.1, 0.15) is 20.7 Å². The number of rotatable bonds is 8. The van der Waals surface area contributed by atoms with Gasteiger partial charge in [0.15, 0.2) is 18.1 Å². The number of carboxylic acids is 3. The Balaban J connectivity index is 3.11. The lowest BCUT2D eigenvalue weighted by atomic mass is 9.94. The van der Waals surface area contributed by atoms with Crippen molar-refractivity contribution in [2.75, 3.05) is 19.5 Å². The molecule has 2 rings (SSSR count). The van der Waals surface area contributed by atoms with Crippen LogP contribution in [0.25, 0.3) is 11.1 Å². The standard InChI is InChI=1S/C16H13N3O11/c1-29-7-3-5(19(27)28)2-6(12(7)30-4-8(20)21)9-10(15(23)24)13(17)18-14(22)11(9)16(25)26/h2-3H,4H2,1H3,(H,20,21)(H,23,24)(H,25,26)(H3,17,18,22). The molecule has 0 bridgehead atoms. The van der Waals surface area contributed by atoms with Crippen molar-refractivity contribution < 1.29 is 44.1 Å². The number of methoxy groups -OCH3 is 1. The number of nitrogens with one attached hydrogen (secondary N) is 1. The number of nitrogens with two attached hydrogens (primary N) is 1. The van der Waals surface area contributed by atoms with Crippen molar-refractivity contribution in [2.24, 2.45) is 0 Å². The van der Waals surface area contributed by atoms with E-state index in [9.17, 15) is 39.5 Å². The topological polar surface area (TPSA) is 232 Å². The third kappa shape index (κ3) is 3.96. The van der Waals surface area contributed by atoms with Crippen LogP contribution in [0.5, 0.6) is 11.5 Å². The van der Waals surface area contributed by atoms with Crippen molar-refractivity contribution >= 4 is 29.4 Å².